The van der Waals surface area contributed by atoms with Crippen LogP contribution in [0.5, 0.6) is 0 Å². The summed E-state index contributed by atoms with van der Waals surface area (Å²) in [6.45, 7) is 2.16. The number of hydrogen-bond acceptors (Lipinski definition) is 2. The lowest BCUT2D eigenvalue weighted by Crippen LogP contribution is -2.39. The van der Waals surface area contributed by atoms with E-state index in [4.69, 9.17) is 5.84 Å². The Labute approximate surface area is 116 Å². The van der Waals surface area contributed by atoms with Crippen LogP contribution in [0, 0.1) is 24.7 Å². The van der Waals surface area contributed by atoms with E-state index in [2.05, 4.69) is 36.6 Å². The number of hydrazine groups is 1. The summed E-state index contributed by atoms with van der Waals surface area (Å²) in [4.78, 5) is 0. The number of benzene rings is 1. The second-order valence-corrected chi connectivity index (χ2v) is 6.73. The molecule has 2 fully saturated rings. The molecule has 0 spiro atoms. The van der Waals surface area contributed by atoms with Crippen molar-refractivity contribution in [1.82, 2.24) is 5.43 Å². The highest BCUT2D eigenvalue weighted by molar-refractivity contribution is 5.23. The van der Waals surface area contributed by atoms with E-state index >= 15 is 0 Å². The van der Waals surface area contributed by atoms with Gasteiger partial charge in [0.1, 0.15) is 0 Å². The number of nitrogens with two attached hydrogens (primary N) is 1. The molecule has 2 aliphatic carbocycles. The molecule has 2 aliphatic rings. The molecule has 1 aromatic carbocycles. The Morgan fingerprint density at radius 2 is 2.21 bits per heavy atom. The van der Waals surface area contributed by atoms with Crippen molar-refractivity contribution in [2.45, 2.75) is 51.5 Å². The Bertz CT molecular complexity index is 429. The molecule has 104 valence electrons. The first-order chi connectivity index (χ1) is 9.24. The fraction of sp³-hybridized carbons (Fsp3) is 0.647. The van der Waals surface area contributed by atoms with Crippen LogP contribution in [0.15, 0.2) is 24.3 Å². The number of hydrogen-bond donors (Lipinski definition) is 2. The highest BCUT2D eigenvalue weighted by atomic mass is 15.2. The summed E-state index contributed by atoms with van der Waals surface area (Å²) in [6.07, 6.45) is 8.22. The van der Waals surface area contributed by atoms with Gasteiger partial charge in [-0.25, -0.2) is 0 Å². The normalized spacial score (nSPS) is 30.7. The van der Waals surface area contributed by atoms with E-state index in [1.54, 1.807) is 0 Å². The average Bonchev–Trinajstić information content (AvgIpc) is 3.00. The Morgan fingerprint density at radius 3 is 2.84 bits per heavy atom. The number of rotatable bonds is 5. The van der Waals surface area contributed by atoms with Gasteiger partial charge >= 0.3 is 0 Å². The lowest BCUT2D eigenvalue weighted by Gasteiger charge is -2.26. The molecule has 4 atom stereocenters. The molecular weight excluding hydrogens is 232 g/mol. The first-order valence-electron chi connectivity index (χ1n) is 7.76. The summed E-state index contributed by atoms with van der Waals surface area (Å²) < 4.78 is 0. The lowest BCUT2D eigenvalue weighted by molar-refractivity contribution is 0.277. The molecule has 19 heavy (non-hydrogen) atoms. The number of aryl methyl sites for hydroxylation is 1. The van der Waals surface area contributed by atoms with Gasteiger partial charge in [-0.2, -0.15) is 0 Å². The first kappa shape index (κ1) is 13.1. The lowest BCUT2D eigenvalue weighted by atomic mass is 9.83. The predicted octanol–water partition coefficient (Wildman–Crippen LogP) is 3.20. The van der Waals surface area contributed by atoms with Gasteiger partial charge in [-0.1, -0.05) is 36.2 Å². The summed E-state index contributed by atoms with van der Waals surface area (Å²) >= 11 is 0. The largest absolute Gasteiger partial charge is 0.271 e. The quantitative estimate of drug-likeness (QED) is 0.629. The molecule has 0 radical (unpaired) electrons. The topological polar surface area (TPSA) is 38.0 Å². The molecule has 4 unspecified atom stereocenters. The first-order valence-corrected chi connectivity index (χ1v) is 7.76. The molecule has 0 aromatic heterocycles. The fourth-order valence-electron chi connectivity index (χ4n) is 4.36. The minimum absolute atomic E-state index is 0.436. The zero-order valence-corrected chi connectivity index (χ0v) is 11.9. The van der Waals surface area contributed by atoms with Crippen molar-refractivity contribution in [1.29, 1.82) is 0 Å². The van der Waals surface area contributed by atoms with Crippen LogP contribution in [0.25, 0.3) is 0 Å². The number of nitrogens with one attached hydrogen (secondary N) is 1. The molecule has 2 heteroatoms. The average molecular weight is 258 g/mol. The van der Waals surface area contributed by atoms with E-state index in [1.807, 2.05) is 0 Å². The van der Waals surface area contributed by atoms with E-state index < -0.39 is 0 Å². The predicted molar refractivity (Wildman–Crippen MR) is 79.5 cm³/mol. The van der Waals surface area contributed by atoms with E-state index in [1.165, 1.54) is 43.2 Å². The van der Waals surface area contributed by atoms with Crippen LogP contribution < -0.4 is 11.3 Å². The highest BCUT2D eigenvalue weighted by Gasteiger charge is 2.39. The molecule has 0 saturated heterocycles. The third-order valence-corrected chi connectivity index (χ3v) is 5.27. The monoisotopic (exact) mass is 258 g/mol. The third-order valence-electron chi connectivity index (χ3n) is 5.27. The van der Waals surface area contributed by atoms with Gasteiger partial charge in [0.05, 0.1) is 0 Å². The highest BCUT2D eigenvalue weighted by Crippen LogP contribution is 2.49. The van der Waals surface area contributed by atoms with E-state index in [0.29, 0.717) is 6.04 Å². The van der Waals surface area contributed by atoms with Crippen LogP contribution in [0.2, 0.25) is 0 Å². The van der Waals surface area contributed by atoms with Crippen LogP contribution in [0.3, 0.4) is 0 Å². The van der Waals surface area contributed by atoms with Crippen molar-refractivity contribution in [3.63, 3.8) is 0 Å². The van der Waals surface area contributed by atoms with Crippen molar-refractivity contribution < 1.29 is 0 Å². The van der Waals surface area contributed by atoms with Gasteiger partial charge in [-0.3, -0.25) is 11.3 Å². The third kappa shape index (κ3) is 3.01. The van der Waals surface area contributed by atoms with Crippen LogP contribution in [-0.2, 0) is 6.42 Å². The van der Waals surface area contributed by atoms with Crippen LogP contribution in [-0.4, -0.2) is 6.04 Å². The molecule has 2 bridgehead atoms. The smallest absolute Gasteiger partial charge is 0.0253 e. The summed E-state index contributed by atoms with van der Waals surface area (Å²) in [6, 6.07) is 9.25. The molecular formula is C17H26N2. The molecule has 2 nitrogen and oxygen atoms in total. The molecule has 3 rings (SSSR count). The number of fused-ring (bicyclic) bond motifs is 2. The van der Waals surface area contributed by atoms with Gasteiger partial charge in [0, 0.05) is 6.04 Å². The Morgan fingerprint density at radius 1 is 1.32 bits per heavy atom. The maximum atomic E-state index is 5.78. The molecule has 0 aliphatic heterocycles. The summed E-state index contributed by atoms with van der Waals surface area (Å²) in [5.74, 6) is 8.74. The van der Waals surface area contributed by atoms with Crippen LogP contribution >= 0.6 is 0 Å². The summed E-state index contributed by atoms with van der Waals surface area (Å²) in [5, 5.41) is 0. The zero-order valence-electron chi connectivity index (χ0n) is 11.9. The minimum atomic E-state index is 0.436. The van der Waals surface area contributed by atoms with Gasteiger partial charge in [0.15, 0.2) is 0 Å². The van der Waals surface area contributed by atoms with Crippen LogP contribution in [0.4, 0.5) is 0 Å². The van der Waals surface area contributed by atoms with Gasteiger partial charge < -0.3 is 0 Å². The molecule has 1 aromatic rings. The molecule has 0 heterocycles. The van der Waals surface area contributed by atoms with Crippen molar-refractivity contribution in [2.24, 2.45) is 23.6 Å². The van der Waals surface area contributed by atoms with Crippen molar-refractivity contribution >= 4 is 0 Å². The SMILES string of the molecule is Cc1cccc(CC(CC2CC3CCC2C3)NN)c1. The second kappa shape index (κ2) is 5.64. The van der Waals surface area contributed by atoms with Gasteiger partial charge in [0.25, 0.3) is 0 Å². The fourth-order valence-corrected chi connectivity index (χ4v) is 4.36. The second-order valence-electron chi connectivity index (χ2n) is 6.73. The van der Waals surface area contributed by atoms with Crippen molar-refractivity contribution in [2.75, 3.05) is 0 Å². The molecule has 2 saturated carbocycles. The Hall–Kier alpha value is -0.860. The van der Waals surface area contributed by atoms with Crippen molar-refractivity contribution in [3.8, 4) is 0 Å². The van der Waals surface area contributed by atoms with E-state index in [-0.39, 0.29) is 0 Å². The summed E-state index contributed by atoms with van der Waals surface area (Å²) in [7, 11) is 0. The maximum Gasteiger partial charge on any atom is 0.0253 e. The van der Waals surface area contributed by atoms with Crippen LogP contribution in [0.1, 0.15) is 43.2 Å². The van der Waals surface area contributed by atoms with Gasteiger partial charge in [-0.15, -0.1) is 0 Å². The molecule has 0 amide bonds. The van der Waals surface area contributed by atoms with Gasteiger partial charge in [0.2, 0.25) is 0 Å². The van der Waals surface area contributed by atoms with E-state index in [0.717, 1.165) is 24.2 Å². The van der Waals surface area contributed by atoms with Gasteiger partial charge in [-0.05, 0) is 62.3 Å². The maximum absolute atomic E-state index is 5.78. The zero-order chi connectivity index (χ0) is 13.2. The summed E-state index contributed by atoms with van der Waals surface area (Å²) in [5.41, 5.74) is 5.81. The van der Waals surface area contributed by atoms with Crippen molar-refractivity contribution in [3.05, 3.63) is 35.4 Å². The van der Waals surface area contributed by atoms with E-state index in [9.17, 15) is 0 Å². The Balaban J connectivity index is 1.59. The Kier molecular flexibility index (Phi) is 3.90. The molecule has 3 N–H and O–H groups in total. The standard InChI is InChI=1S/C17H26N2/c1-12-3-2-4-13(7-12)10-17(19-18)11-16-9-14-5-6-15(16)8-14/h2-4,7,14-17,19H,5-6,8-11,18H2,1H3. The minimum Gasteiger partial charge on any atom is -0.271 e.